The van der Waals surface area contributed by atoms with E-state index in [1.807, 2.05) is 19.1 Å². The number of aryl methyl sites for hydroxylation is 1. The van der Waals surface area contributed by atoms with E-state index in [1.54, 1.807) is 16.4 Å². The second kappa shape index (κ2) is 10.7. The number of nitrogens with one attached hydrogen (secondary N) is 1. The molecule has 0 aromatic heterocycles. The van der Waals surface area contributed by atoms with Gasteiger partial charge in [-0.2, -0.15) is 4.31 Å². The maximum Gasteiger partial charge on any atom is 0.243 e. The number of carbonyl (C=O) groups excluding carboxylic acids is 1. The van der Waals surface area contributed by atoms with Gasteiger partial charge in [0.25, 0.3) is 0 Å². The van der Waals surface area contributed by atoms with Crippen LogP contribution in [0.1, 0.15) is 51.0 Å². The first-order valence-corrected chi connectivity index (χ1v) is 12.8. The number of piperidine rings is 2. The Hall–Kier alpha value is -1.44. The molecule has 2 heterocycles. The van der Waals surface area contributed by atoms with Gasteiger partial charge in [-0.25, -0.2) is 8.42 Å². The largest absolute Gasteiger partial charge is 0.356 e. The molecule has 1 atom stereocenters. The molecule has 3 rings (SSSR count). The zero-order valence-corrected chi connectivity index (χ0v) is 19.3. The zero-order valence-electron chi connectivity index (χ0n) is 18.5. The Bertz CT molecular complexity index is 786. The van der Waals surface area contributed by atoms with Crippen LogP contribution in [-0.4, -0.2) is 62.8 Å². The van der Waals surface area contributed by atoms with E-state index in [2.05, 4.69) is 17.1 Å². The molecule has 0 radical (unpaired) electrons. The van der Waals surface area contributed by atoms with Crippen LogP contribution in [0.15, 0.2) is 29.2 Å². The first kappa shape index (κ1) is 23.2. The van der Waals surface area contributed by atoms with Crippen molar-refractivity contribution in [2.24, 2.45) is 11.8 Å². The van der Waals surface area contributed by atoms with Gasteiger partial charge in [0, 0.05) is 32.6 Å². The Labute approximate surface area is 182 Å². The van der Waals surface area contributed by atoms with E-state index in [-0.39, 0.29) is 11.8 Å². The van der Waals surface area contributed by atoms with Gasteiger partial charge in [0.1, 0.15) is 0 Å². The number of hydrogen-bond donors (Lipinski definition) is 1. The standard InChI is InChI=1S/C23H37N3O3S/c1-19-6-8-22(9-7-19)30(28,29)26-15-10-21(11-16-26)17-23(27)24-12-4-14-25-13-3-5-20(2)18-25/h6-9,20-21H,3-5,10-18H2,1-2H3,(H,24,27)/t20-/m1/s1. The van der Waals surface area contributed by atoms with Crippen LogP contribution < -0.4 is 5.32 Å². The number of benzene rings is 1. The Balaban J connectivity index is 1.35. The number of hydrogen-bond acceptors (Lipinski definition) is 4. The average molecular weight is 436 g/mol. The molecule has 168 valence electrons. The van der Waals surface area contributed by atoms with Crippen LogP contribution in [-0.2, 0) is 14.8 Å². The van der Waals surface area contributed by atoms with E-state index in [9.17, 15) is 13.2 Å². The van der Waals surface area contributed by atoms with Gasteiger partial charge in [-0.1, -0.05) is 24.6 Å². The summed E-state index contributed by atoms with van der Waals surface area (Å²) in [5.41, 5.74) is 1.05. The van der Waals surface area contributed by atoms with Gasteiger partial charge in [-0.3, -0.25) is 4.79 Å². The van der Waals surface area contributed by atoms with E-state index in [0.29, 0.717) is 24.4 Å². The SMILES string of the molecule is Cc1ccc(S(=O)(=O)N2CCC(CC(=O)NCCCN3CCC[C@@H](C)C3)CC2)cc1. The first-order chi connectivity index (χ1) is 14.3. The lowest BCUT2D eigenvalue weighted by Crippen LogP contribution is -2.40. The van der Waals surface area contributed by atoms with Crippen LogP contribution in [0, 0.1) is 18.8 Å². The lowest BCUT2D eigenvalue weighted by atomic mass is 9.94. The Kier molecular flexibility index (Phi) is 8.31. The van der Waals surface area contributed by atoms with Crippen LogP contribution in [0.3, 0.4) is 0 Å². The second-order valence-electron chi connectivity index (χ2n) is 9.12. The summed E-state index contributed by atoms with van der Waals surface area (Å²) in [4.78, 5) is 15.1. The molecule has 1 amide bonds. The van der Waals surface area contributed by atoms with Crippen LogP contribution in [0.25, 0.3) is 0 Å². The highest BCUT2D eigenvalue weighted by atomic mass is 32.2. The van der Waals surface area contributed by atoms with Crippen LogP contribution in [0.5, 0.6) is 0 Å². The summed E-state index contributed by atoms with van der Waals surface area (Å²) >= 11 is 0. The van der Waals surface area contributed by atoms with Gasteiger partial charge >= 0.3 is 0 Å². The van der Waals surface area contributed by atoms with Gasteiger partial charge in [0.2, 0.25) is 15.9 Å². The zero-order chi connectivity index (χ0) is 21.6. The average Bonchev–Trinajstić information content (AvgIpc) is 2.72. The summed E-state index contributed by atoms with van der Waals surface area (Å²) in [5, 5.41) is 3.06. The minimum atomic E-state index is -3.43. The first-order valence-electron chi connectivity index (χ1n) is 11.4. The van der Waals surface area contributed by atoms with E-state index in [0.717, 1.165) is 43.8 Å². The van der Waals surface area contributed by atoms with Gasteiger partial charge in [0.15, 0.2) is 0 Å². The van der Waals surface area contributed by atoms with E-state index >= 15 is 0 Å². The van der Waals surface area contributed by atoms with Gasteiger partial charge < -0.3 is 10.2 Å². The molecule has 2 fully saturated rings. The quantitative estimate of drug-likeness (QED) is 0.637. The predicted octanol–water partition coefficient (Wildman–Crippen LogP) is 3.02. The Morgan fingerprint density at radius 1 is 1.10 bits per heavy atom. The maximum absolute atomic E-state index is 12.8. The number of amides is 1. The molecule has 0 bridgehead atoms. The van der Waals surface area contributed by atoms with Crippen molar-refractivity contribution in [3.05, 3.63) is 29.8 Å². The van der Waals surface area contributed by atoms with E-state index in [1.165, 1.54) is 25.9 Å². The van der Waals surface area contributed by atoms with Crippen molar-refractivity contribution in [3.63, 3.8) is 0 Å². The summed E-state index contributed by atoms with van der Waals surface area (Å²) < 4.78 is 27.2. The highest BCUT2D eigenvalue weighted by molar-refractivity contribution is 7.89. The number of likely N-dealkylation sites (tertiary alicyclic amines) is 1. The molecule has 0 aliphatic carbocycles. The van der Waals surface area contributed by atoms with Crippen molar-refractivity contribution in [2.45, 2.75) is 57.3 Å². The fraction of sp³-hybridized carbons (Fsp3) is 0.696. The van der Waals surface area contributed by atoms with Crippen molar-refractivity contribution in [1.82, 2.24) is 14.5 Å². The third-order valence-corrected chi connectivity index (χ3v) is 8.33. The van der Waals surface area contributed by atoms with Crippen LogP contribution >= 0.6 is 0 Å². The van der Waals surface area contributed by atoms with E-state index < -0.39 is 10.0 Å². The normalized spacial score (nSPS) is 22.1. The molecule has 0 unspecified atom stereocenters. The minimum absolute atomic E-state index is 0.0989. The number of nitrogens with zero attached hydrogens (tertiary/aromatic N) is 2. The van der Waals surface area contributed by atoms with E-state index in [4.69, 9.17) is 0 Å². The predicted molar refractivity (Wildman–Crippen MR) is 120 cm³/mol. The molecular formula is C23H37N3O3S. The third kappa shape index (κ3) is 6.53. The van der Waals surface area contributed by atoms with Gasteiger partial charge in [0.05, 0.1) is 4.90 Å². The maximum atomic E-state index is 12.8. The summed E-state index contributed by atoms with van der Waals surface area (Å²) in [5.74, 6) is 1.15. The molecule has 1 N–H and O–H groups in total. The summed E-state index contributed by atoms with van der Waals surface area (Å²) in [7, 11) is -3.43. The Morgan fingerprint density at radius 3 is 2.47 bits per heavy atom. The lowest BCUT2D eigenvalue weighted by molar-refractivity contribution is -0.122. The molecule has 0 saturated carbocycles. The van der Waals surface area contributed by atoms with Crippen molar-refractivity contribution in [1.29, 1.82) is 0 Å². The molecule has 30 heavy (non-hydrogen) atoms. The van der Waals surface area contributed by atoms with Crippen LogP contribution in [0.4, 0.5) is 0 Å². The minimum Gasteiger partial charge on any atom is -0.356 e. The fourth-order valence-electron chi connectivity index (χ4n) is 4.57. The van der Waals surface area contributed by atoms with Crippen LogP contribution in [0.2, 0.25) is 0 Å². The van der Waals surface area contributed by atoms with Crippen molar-refractivity contribution < 1.29 is 13.2 Å². The van der Waals surface area contributed by atoms with Crippen molar-refractivity contribution >= 4 is 15.9 Å². The number of carbonyl (C=O) groups is 1. The van der Waals surface area contributed by atoms with Crippen molar-refractivity contribution in [2.75, 3.05) is 39.3 Å². The molecule has 1 aromatic carbocycles. The molecular weight excluding hydrogens is 398 g/mol. The topological polar surface area (TPSA) is 69.7 Å². The third-order valence-electron chi connectivity index (χ3n) is 6.42. The van der Waals surface area contributed by atoms with Crippen molar-refractivity contribution in [3.8, 4) is 0 Å². The number of rotatable bonds is 8. The second-order valence-corrected chi connectivity index (χ2v) is 11.1. The highest BCUT2D eigenvalue weighted by Crippen LogP contribution is 2.25. The highest BCUT2D eigenvalue weighted by Gasteiger charge is 2.30. The summed E-state index contributed by atoms with van der Waals surface area (Å²) in [6.07, 6.45) is 5.59. The molecule has 2 aliphatic heterocycles. The fourth-order valence-corrected chi connectivity index (χ4v) is 6.04. The summed E-state index contributed by atoms with van der Waals surface area (Å²) in [6.45, 7) is 9.37. The number of sulfonamides is 1. The molecule has 2 saturated heterocycles. The Morgan fingerprint density at radius 2 is 1.80 bits per heavy atom. The molecule has 2 aliphatic rings. The monoisotopic (exact) mass is 435 g/mol. The molecule has 0 spiro atoms. The smallest absolute Gasteiger partial charge is 0.243 e. The van der Waals surface area contributed by atoms with Gasteiger partial charge in [-0.15, -0.1) is 0 Å². The summed E-state index contributed by atoms with van der Waals surface area (Å²) in [6, 6.07) is 7.01. The van der Waals surface area contributed by atoms with Gasteiger partial charge in [-0.05, 0) is 76.1 Å². The lowest BCUT2D eigenvalue weighted by Gasteiger charge is -2.31. The molecule has 6 nitrogen and oxygen atoms in total. The molecule has 7 heteroatoms. The molecule has 1 aromatic rings.